The first kappa shape index (κ1) is 25.7. The molecule has 2 rings (SSSR count). The zero-order valence-corrected chi connectivity index (χ0v) is 20.5. The van der Waals surface area contributed by atoms with Crippen LogP contribution in [0.5, 0.6) is 5.75 Å². The topological polar surface area (TPSA) is 88.7 Å². The molecule has 0 bridgehead atoms. The number of nitrogens with one attached hydrogen (secondary N) is 2. The van der Waals surface area contributed by atoms with Crippen molar-refractivity contribution in [3.8, 4) is 5.75 Å². The smallest absolute Gasteiger partial charge is 0.255 e. The molecule has 0 saturated carbocycles. The number of nitrogens with zero attached hydrogens (tertiary/aromatic N) is 1. The predicted octanol–water partition coefficient (Wildman–Crippen LogP) is 3.79. The number of aliphatic imine (C=N–C) groups is 1. The molecule has 0 aliphatic carbocycles. The van der Waals surface area contributed by atoms with Crippen LogP contribution in [0, 0.1) is 5.92 Å². The highest BCUT2D eigenvalue weighted by atomic mass is 127. The van der Waals surface area contributed by atoms with Crippen LogP contribution in [-0.4, -0.2) is 25.5 Å². The third-order valence-corrected chi connectivity index (χ3v) is 4.44. The van der Waals surface area contributed by atoms with Crippen molar-refractivity contribution < 1.29 is 9.53 Å². The summed E-state index contributed by atoms with van der Waals surface area (Å²) in [5, 5.41) is 6.72. The van der Waals surface area contributed by atoms with Gasteiger partial charge in [-0.1, -0.05) is 50.2 Å². The molecule has 6 nitrogen and oxygen atoms in total. The number of hydrogen-bond acceptors (Lipinski definition) is 3. The first-order chi connectivity index (χ1) is 13.9. The molecule has 1 atom stereocenters. The zero-order chi connectivity index (χ0) is 21.2. The van der Waals surface area contributed by atoms with Crippen LogP contribution in [0.4, 0.5) is 0 Å². The van der Waals surface area contributed by atoms with Gasteiger partial charge < -0.3 is 21.1 Å². The second kappa shape index (κ2) is 13.1. The van der Waals surface area contributed by atoms with Gasteiger partial charge in [-0.3, -0.25) is 9.79 Å². The van der Waals surface area contributed by atoms with Gasteiger partial charge in [0, 0.05) is 13.6 Å². The minimum absolute atomic E-state index is 0. The molecule has 0 radical (unpaired) electrons. The SMILES string of the molecule is CN=C(NCc1cccc(OCC(N)=O)c1)NC(C)c1ccc(CC(C)C)cc1.I. The molecule has 2 aromatic rings. The van der Waals surface area contributed by atoms with Crippen molar-refractivity contribution in [3.63, 3.8) is 0 Å². The second-order valence-corrected chi connectivity index (χ2v) is 7.53. The number of carbonyl (C=O) groups excluding carboxylic acids is 1. The van der Waals surface area contributed by atoms with Crippen molar-refractivity contribution in [2.75, 3.05) is 13.7 Å². The quantitative estimate of drug-likeness (QED) is 0.265. The Hall–Kier alpha value is -2.29. The van der Waals surface area contributed by atoms with Crippen molar-refractivity contribution in [3.05, 3.63) is 65.2 Å². The second-order valence-electron chi connectivity index (χ2n) is 7.53. The molecule has 1 amide bonds. The van der Waals surface area contributed by atoms with Gasteiger partial charge in [-0.15, -0.1) is 24.0 Å². The van der Waals surface area contributed by atoms with Gasteiger partial charge in [0.25, 0.3) is 5.91 Å². The average molecular weight is 524 g/mol. The Morgan fingerprint density at radius 1 is 1.10 bits per heavy atom. The van der Waals surface area contributed by atoms with Gasteiger partial charge in [0.15, 0.2) is 12.6 Å². The van der Waals surface area contributed by atoms with Crippen LogP contribution in [-0.2, 0) is 17.8 Å². The Bertz CT molecular complexity index is 822. The average Bonchev–Trinajstić information content (AvgIpc) is 2.69. The van der Waals surface area contributed by atoms with E-state index in [-0.39, 0.29) is 36.6 Å². The van der Waals surface area contributed by atoms with Crippen LogP contribution in [0.3, 0.4) is 0 Å². The number of nitrogens with two attached hydrogens (primary N) is 1. The van der Waals surface area contributed by atoms with Crippen LogP contribution in [0.1, 0.15) is 43.5 Å². The summed E-state index contributed by atoms with van der Waals surface area (Å²) in [5.41, 5.74) is 8.70. The molecule has 0 aliphatic heterocycles. The van der Waals surface area contributed by atoms with Crippen LogP contribution >= 0.6 is 24.0 Å². The number of ether oxygens (including phenoxy) is 1. The molecule has 0 aliphatic rings. The summed E-state index contributed by atoms with van der Waals surface area (Å²) in [7, 11) is 1.75. The lowest BCUT2D eigenvalue weighted by Gasteiger charge is -2.19. The van der Waals surface area contributed by atoms with E-state index >= 15 is 0 Å². The van der Waals surface area contributed by atoms with E-state index in [1.54, 1.807) is 13.1 Å². The molecule has 1 unspecified atom stereocenters. The van der Waals surface area contributed by atoms with Gasteiger partial charge >= 0.3 is 0 Å². The summed E-state index contributed by atoms with van der Waals surface area (Å²) in [6.07, 6.45) is 1.09. The molecule has 0 aromatic heterocycles. The van der Waals surface area contributed by atoms with Gasteiger partial charge in [-0.25, -0.2) is 0 Å². The fraction of sp³-hybridized carbons (Fsp3) is 0.391. The highest BCUT2D eigenvalue weighted by Crippen LogP contribution is 2.16. The lowest BCUT2D eigenvalue weighted by Crippen LogP contribution is -2.38. The van der Waals surface area contributed by atoms with Crippen LogP contribution < -0.4 is 21.1 Å². The number of rotatable bonds is 9. The van der Waals surface area contributed by atoms with E-state index in [0.29, 0.717) is 24.2 Å². The Morgan fingerprint density at radius 3 is 2.40 bits per heavy atom. The van der Waals surface area contributed by atoms with Crippen LogP contribution in [0.25, 0.3) is 0 Å². The molecule has 164 valence electrons. The molecule has 0 saturated heterocycles. The number of carbonyl (C=O) groups is 1. The Balaban J connectivity index is 0.00000450. The first-order valence-electron chi connectivity index (χ1n) is 9.93. The standard InChI is InChI=1S/C23H32N4O2.HI/c1-16(2)12-18-8-10-20(11-9-18)17(3)27-23(25-4)26-14-19-6-5-7-21(13-19)29-15-22(24)28;/h5-11,13,16-17H,12,14-15H2,1-4H3,(H2,24,28)(H2,25,26,27);1H. The monoisotopic (exact) mass is 524 g/mol. The van der Waals surface area contributed by atoms with Gasteiger partial charge in [0.05, 0.1) is 6.04 Å². The number of amides is 1. The summed E-state index contributed by atoms with van der Waals surface area (Å²) in [4.78, 5) is 15.2. The number of primary amides is 1. The molecule has 2 aromatic carbocycles. The highest BCUT2D eigenvalue weighted by Gasteiger charge is 2.09. The van der Waals surface area contributed by atoms with E-state index in [9.17, 15) is 4.79 Å². The minimum atomic E-state index is -0.496. The fourth-order valence-corrected chi connectivity index (χ4v) is 2.98. The number of halogens is 1. The maximum absolute atomic E-state index is 10.9. The summed E-state index contributed by atoms with van der Waals surface area (Å²) >= 11 is 0. The van der Waals surface area contributed by atoms with Gasteiger partial charge in [-0.05, 0) is 48.1 Å². The van der Waals surface area contributed by atoms with Crippen LogP contribution in [0.2, 0.25) is 0 Å². The van der Waals surface area contributed by atoms with Gasteiger partial charge in [0.1, 0.15) is 5.75 Å². The lowest BCUT2D eigenvalue weighted by molar-refractivity contribution is -0.119. The summed E-state index contributed by atoms with van der Waals surface area (Å²) in [6, 6.07) is 16.4. The third kappa shape index (κ3) is 9.02. The maximum atomic E-state index is 10.9. The summed E-state index contributed by atoms with van der Waals surface area (Å²) < 4.78 is 5.35. The van der Waals surface area contributed by atoms with Crippen molar-refractivity contribution in [1.82, 2.24) is 10.6 Å². The number of hydrogen-bond donors (Lipinski definition) is 3. The fourth-order valence-electron chi connectivity index (χ4n) is 2.98. The minimum Gasteiger partial charge on any atom is -0.484 e. The van der Waals surface area contributed by atoms with Crippen LogP contribution in [0.15, 0.2) is 53.5 Å². The van der Waals surface area contributed by atoms with Gasteiger partial charge in [-0.2, -0.15) is 0 Å². The van der Waals surface area contributed by atoms with Gasteiger partial charge in [0.2, 0.25) is 0 Å². The van der Waals surface area contributed by atoms with E-state index in [1.807, 2.05) is 18.2 Å². The molecule has 30 heavy (non-hydrogen) atoms. The third-order valence-electron chi connectivity index (χ3n) is 4.44. The summed E-state index contributed by atoms with van der Waals surface area (Å²) in [6.45, 7) is 7.02. The lowest BCUT2D eigenvalue weighted by atomic mass is 10.00. The van der Waals surface area contributed by atoms with E-state index in [2.05, 4.69) is 60.7 Å². The molecule has 4 N–H and O–H groups in total. The molecule has 7 heteroatoms. The summed E-state index contributed by atoms with van der Waals surface area (Å²) in [5.74, 6) is 1.48. The molecular weight excluding hydrogens is 491 g/mol. The van der Waals surface area contributed by atoms with E-state index in [4.69, 9.17) is 10.5 Å². The Labute approximate surface area is 196 Å². The Kier molecular flexibility index (Phi) is 11.2. The van der Waals surface area contributed by atoms with E-state index < -0.39 is 5.91 Å². The zero-order valence-electron chi connectivity index (χ0n) is 18.1. The van der Waals surface area contributed by atoms with E-state index in [0.717, 1.165) is 12.0 Å². The number of benzene rings is 2. The molecule has 0 heterocycles. The van der Waals surface area contributed by atoms with Crippen molar-refractivity contribution in [1.29, 1.82) is 0 Å². The van der Waals surface area contributed by atoms with Crippen molar-refractivity contribution in [2.45, 2.75) is 39.8 Å². The predicted molar refractivity (Wildman–Crippen MR) is 133 cm³/mol. The number of guanidine groups is 1. The maximum Gasteiger partial charge on any atom is 0.255 e. The Morgan fingerprint density at radius 2 is 1.80 bits per heavy atom. The first-order valence-corrected chi connectivity index (χ1v) is 9.93. The van der Waals surface area contributed by atoms with Crippen molar-refractivity contribution in [2.24, 2.45) is 16.6 Å². The molecule has 0 fully saturated rings. The largest absolute Gasteiger partial charge is 0.484 e. The highest BCUT2D eigenvalue weighted by molar-refractivity contribution is 14.0. The van der Waals surface area contributed by atoms with Crippen molar-refractivity contribution >= 4 is 35.8 Å². The molecular formula is C23H33IN4O2. The molecule has 0 spiro atoms. The normalized spacial score (nSPS) is 12.1. The van der Waals surface area contributed by atoms with E-state index in [1.165, 1.54) is 11.1 Å².